The molecule has 108 valence electrons. The third-order valence-electron chi connectivity index (χ3n) is 3.25. The Hall–Kier alpha value is -0.650. The van der Waals surface area contributed by atoms with Gasteiger partial charge in [0.15, 0.2) is 0 Å². The first kappa shape index (κ1) is 16.4. The van der Waals surface area contributed by atoms with E-state index in [4.69, 9.17) is 0 Å². The number of rotatable bonds is 7. The Balaban J connectivity index is 2.86. The summed E-state index contributed by atoms with van der Waals surface area (Å²) in [5, 5.41) is 12.6. The van der Waals surface area contributed by atoms with Gasteiger partial charge < -0.3 is 10.4 Å². The van der Waals surface area contributed by atoms with Gasteiger partial charge in [0.2, 0.25) is 0 Å². The summed E-state index contributed by atoms with van der Waals surface area (Å²) >= 11 is 1.55. The van der Waals surface area contributed by atoms with Crippen LogP contribution in [-0.4, -0.2) is 29.3 Å². The van der Waals surface area contributed by atoms with Crippen molar-refractivity contribution in [2.24, 2.45) is 0 Å². The molecule has 2 N–H and O–H groups in total. The monoisotopic (exact) mass is 289 g/mol. The number of aliphatic hydroxyl groups excluding tert-OH is 1. The first-order chi connectivity index (χ1) is 9.03. The van der Waals surface area contributed by atoms with Crippen LogP contribution in [0.3, 0.4) is 0 Å². The zero-order valence-electron chi connectivity index (χ0n) is 11.5. The highest BCUT2D eigenvalue weighted by Crippen LogP contribution is 2.23. The molecule has 3 unspecified atom stereocenters. The van der Waals surface area contributed by atoms with Crippen molar-refractivity contribution in [1.82, 2.24) is 5.32 Å². The van der Waals surface area contributed by atoms with Crippen molar-refractivity contribution in [2.45, 2.75) is 37.6 Å². The molecule has 0 saturated carbocycles. The Labute approximate surface area is 117 Å². The van der Waals surface area contributed by atoms with Crippen LogP contribution in [0.4, 0.5) is 8.78 Å². The summed E-state index contributed by atoms with van der Waals surface area (Å²) in [6, 6.07) is 3.25. The SMILES string of the molecule is CCC(NC(C)C(CO)SC)c1cc(F)ccc1F. The predicted molar refractivity (Wildman–Crippen MR) is 76.4 cm³/mol. The third kappa shape index (κ3) is 4.44. The van der Waals surface area contributed by atoms with Crippen LogP contribution in [-0.2, 0) is 0 Å². The molecule has 3 atom stereocenters. The lowest BCUT2D eigenvalue weighted by atomic mass is 10.0. The van der Waals surface area contributed by atoms with E-state index in [0.29, 0.717) is 12.0 Å². The lowest BCUT2D eigenvalue weighted by Crippen LogP contribution is -2.39. The van der Waals surface area contributed by atoms with Gasteiger partial charge in [0.25, 0.3) is 0 Å². The molecule has 0 aromatic heterocycles. The number of benzene rings is 1. The first-order valence-electron chi connectivity index (χ1n) is 6.38. The van der Waals surface area contributed by atoms with Crippen molar-refractivity contribution in [2.75, 3.05) is 12.9 Å². The molecule has 19 heavy (non-hydrogen) atoms. The zero-order valence-corrected chi connectivity index (χ0v) is 12.3. The van der Waals surface area contributed by atoms with Crippen molar-refractivity contribution in [3.63, 3.8) is 0 Å². The fourth-order valence-electron chi connectivity index (χ4n) is 2.07. The van der Waals surface area contributed by atoms with Crippen molar-refractivity contribution in [3.8, 4) is 0 Å². The maximum atomic E-state index is 13.8. The summed E-state index contributed by atoms with van der Waals surface area (Å²) in [5.41, 5.74) is 0.340. The summed E-state index contributed by atoms with van der Waals surface area (Å²) in [7, 11) is 0. The van der Waals surface area contributed by atoms with Crippen LogP contribution in [0.1, 0.15) is 31.9 Å². The maximum absolute atomic E-state index is 13.8. The van der Waals surface area contributed by atoms with Crippen LogP contribution in [0.25, 0.3) is 0 Å². The lowest BCUT2D eigenvalue weighted by molar-refractivity contribution is 0.269. The fraction of sp³-hybridized carbons (Fsp3) is 0.571. The number of nitrogens with one attached hydrogen (secondary N) is 1. The predicted octanol–water partition coefficient (Wildman–Crippen LogP) is 3.12. The number of halogens is 2. The summed E-state index contributed by atoms with van der Waals surface area (Å²) in [5.74, 6) is -0.842. The van der Waals surface area contributed by atoms with Gasteiger partial charge in [-0.1, -0.05) is 6.92 Å². The smallest absolute Gasteiger partial charge is 0.128 e. The van der Waals surface area contributed by atoms with Crippen LogP contribution >= 0.6 is 11.8 Å². The van der Waals surface area contributed by atoms with Crippen LogP contribution in [0.5, 0.6) is 0 Å². The second-order valence-corrected chi connectivity index (χ2v) is 5.62. The van der Waals surface area contributed by atoms with E-state index in [1.54, 1.807) is 11.8 Å². The molecule has 0 radical (unpaired) electrons. The number of hydrogen-bond acceptors (Lipinski definition) is 3. The average Bonchev–Trinajstić information content (AvgIpc) is 2.40. The van der Waals surface area contributed by atoms with E-state index in [-0.39, 0.29) is 23.9 Å². The summed E-state index contributed by atoms with van der Waals surface area (Å²) in [6.45, 7) is 3.91. The van der Waals surface area contributed by atoms with Gasteiger partial charge in [-0.3, -0.25) is 0 Å². The molecule has 0 aliphatic rings. The fourth-order valence-corrected chi connectivity index (χ4v) is 2.71. The number of hydrogen-bond donors (Lipinski definition) is 2. The lowest BCUT2D eigenvalue weighted by Gasteiger charge is -2.27. The number of aliphatic hydroxyl groups is 1. The first-order valence-corrected chi connectivity index (χ1v) is 7.66. The summed E-state index contributed by atoms with van der Waals surface area (Å²) in [6.07, 6.45) is 2.57. The molecule has 0 spiro atoms. The van der Waals surface area contributed by atoms with Crippen LogP contribution in [0.2, 0.25) is 0 Å². The van der Waals surface area contributed by atoms with Crippen molar-refractivity contribution >= 4 is 11.8 Å². The molecule has 5 heteroatoms. The van der Waals surface area contributed by atoms with Crippen molar-refractivity contribution in [1.29, 1.82) is 0 Å². The Morgan fingerprint density at radius 2 is 2.05 bits per heavy atom. The molecule has 0 aliphatic carbocycles. The number of thioether (sulfide) groups is 1. The second-order valence-electron chi connectivity index (χ2n) is 4.54. The molecule has 0 saturated heterocycles. The molecule has 0 amide bonds. The highest BCUT2D eigenvalue weighted by molar-refractivity contribution is 7.99. The van der Waals surface area contributed by atoms with E-state index in [0.717, 1.165) is 12.1 Å². The Kier molecular flexibility index (Phi) is 6.75. The van der Waals surface area contributed by atoms with Crippen LogP contribution in [0, 0.1) is 11.6 Å². The van der Waals surface area contributed by atoms with Gasteiger partial charge in [0.05, 0.1) is 6.61 Å². The molecule has 1 rings (SSSR count). The maximum Gasteiger partial charge on any atom is 0.128 e. The van der Waals surface area contributed by atoms with Gasteiger partial charge in [-0.2, -0.15) is 11.8 Å². The molecule has 2 nitrogen and oxygen atoms in total. The molecular weight excluding hydrogens is 268 g/mol. The molecule has 1 aromatic rings. The zero-order chi connectivity index (χ0) is 14.4. The Morgan fingerprint density at radius 1 is 1.37 bits per heavy atom. The molecule has 0 bridgehead atoms. The Bertz CT molecular complexity index is 399. The minimum Gasteiger partial charge on any atom is -0.395 e. The molecular formula is C14H21F2NOS. The minimum absolute atomic E-state index is 0.00705. The highest BCUT2D eigenvalue weighted by atomic mass is 32.2. The largest absolute Gasteiger partial charge is 0.395 e. The van der Waals surface area contributed by atoms with Gasteiger partial charge in [-0.15, -0.1) is 0 Å². The summed E-state index contributed by atoms with van der Waals surface area (Å²) < 4.78 is 27.0. The quantitative estimate of drug-likeness (QED) is 0.809. The van der Waals surface area contributed by atoms with Crippen LogP contribution < -0.4 is 5.32 Å². The van der Waals surface area contributed by atoms with E-state index < -0.39 is 11.6 Å². The standard InChI is InChI=1S/C14H21F2NOS/c1-4-13(17-9(2)14(8-18)19-3)11-7-10(15)5-6-12(11)16/h5-7,9,13-14,17-18H,4,8H2,1-3H3. The highest BCUT2D eigenvalue weighted by Gasteiger charge is 2.21. The topological polar surface area (TPSA) is 32.3 Å². The van der Waals surface area contributed by atoms with Crippen molar-refractivity contribution < 1.29 is 13.9 Å². The van der Waals surface area contributed by atoms with Gasteiger partial charge >= 0.3 is 0 Å². The van der Waals surface area contributed by atoms with Gasteiger partial charge in [0.1, 0.15) is 11.6 Å². The van der Waals surface area contributed by atoms with E-state index in [2.05, 4.69) is 5.32 Å². The minimum atomic E-state index is -0.437. The second kappa shape index (κ2) is 7.82. The van der Waals surface area contributed by atoms with Gasteiger partial charge in [-0.25, -0.2) is 8.78 Å². The normalized spacial score (nSPS) is 16.1. The Morgan fingerprint density at radius 3 is 2.58 bits per heavy atom. The molecule has 0 heterocycles. The van der Waals surface area contributed by atoms with Gasteiger partial charge in [0, 0.05) is 22.9 Å². The molecule has 0 fully saturated rings. The van der Waals surface area contributed by atoms with Crippen molar-refractivity contribution in [3.05, 3.63) is 35.4 Å². The van der Waals surface area contributed by atoms with E-state index in [9.17, 15) is 13.9 Å². The van der Waals surface area contributed by atoms with Gasteiger partial charge in [-0.05, 0) is 37.8 Å². The average molecular weight is 289 g/mol. The van der Waals surface area contributed by atoms with E-state index >= 15 is 0 Å². The molecule has 1 aromatic carbocycles. The molecule has 0 aliphatic heterocycles. The summed E-state index contributed by atoms with van der Waals surface area (Å²) in [4.78, 5) is 0. The third-order valence-corrected chi connectivity index (χ3v) is 4.41. The van der Waals surface area contributed by atoms with Crippen LogP contribution in [0.15, 0.2) is 18.2 Å². The van der Waals surface area contributed by atoms with E-state index in [1.165, 1.54) is 6.07 Å². The van der Waals surface area contributed by atoms with E-state index in [1.807, 2.05) is 20.1 Å².